The predicted octanol–water partition coefficient (Wildman–Crippen LogP) is 1.07. The van der Waals surface area contributed by atoms with Crippen LogP contribution in [0.15, 0.2) is 24.3 Å². The summed E-state index contributed by atoms with van der Waals surface area (Å²) in [5.74, 6) is -3.89. The van der Waals surface area contributed by atoms with E-state index in [-0.39, 0.29) is 48.0 Å². The van der Waals surface area contributed by atoms with Gasteiger partial charge in [0.05, 0.1) is 10.5 Å². The standard InChI is InChI=1S/C27H44N2O11S2.Na/c1-3-5-7-9-11-15-19-27(20-16-12-10-8-6-4-2,22-17-13-14-18-23(22)29(33)34)42(38,39)28-40-26(32)24(21-25(30)31)41(35,36)37;/h13-14,17-18,24,28H,3-12,15-16,19-21H2,1-2H3,(H,30,31)(H,35,36,37);/q;+1/p-1. The number of hydrogen-bond donors (Lipinski definition) is 2. The molecule has 0 saturated carbocycles. The smallest absolute Gasteiger partial charge is 0.550 e. The average molecular weight is 659 g/mol. The third-order valence-electron chi connectivity index (χ3n) is 7.20. The van der Waals surface area contributed by atoms with Crippen LogP contribution in [0.3, 0.4) is 0 Å². The van der Waals surface area contributed by atoms with Crippen LogP contribution < -0.4 is 39.5 Å². The van der Waals surface area contributed by atoms with Gasteiger partial charge in [0.15, 0.2) is 5.25 Å². The molecule has 0 bridgehead atoms. The molecule has 1 aromatic carbocycles. The van der Waals surface area contributed by atoms with Gasteiger partial charge in [-0.1, -0.05) is 109 Å². The second kappa shape index (κ2) is 20.4. The maximum Gasteiger partial charge on any atom is 1.00 e. The topological polar surface area (TPSA) is 210 Å². The molecule has 13 nitrogen and oxygen atoms in total. The largest absolute Gasteiger partial charge is 1.00 e. The van der Waals surface area contributed by atoms with Crippen LogP contribution >= 0.6 is 0 Å². The van der Waals surface area contributed by atoms with Crippen molar-refractivity contribution in [2.45, 2.75) is 120 Å². The van der Waals surface area contributed by atoms with Crippen molar-refractivity contribution >= 4 is 37.8 Å². The summed E-state index contributed by atoms with van der Waals surface area (Å²) in [5, 5.41) is 20.3. The van der Waals surface area contributed by atoms with Gasteiger partial charge in [-0.05, 0) is 17.7 Å². The number of nitrogens with one attached hydrogen (secondary N) is 1. The number of carboxylic acid groups (broad SMARTS) is 1. The van der Waals surface area contributed by atoms with Crippen LogP contribution in [0.4, 0.5) is 5.69 Å². The van der Waals surface area contributed by atoms with E-state index >= 15 is 0 Å². The van der Waals surface area contributed by atoms with Crippen LogP contribution in [0, 0.1) is 10.1 Å². The SMILES string of the molecule is CCCCCCCCC(CCCCCCCC)(c1ccccc1[N+](=O)[O-])S(=O)(=O)NOC(=O)C(CC(=O)[O-])S(=O)(=O)O.[Na+]. The first-order valence-electron chi connectivity index (χ1n) is 14.4. The van der Waals surface area contributed by atoms with Crippen molar-refractivity contribution in [3.8, 4) is 0 Å². The van der Waals surface area contributed by atoms with E-state index in [4.69, 9.17) is 0 Å². The van der Waals surface area contributed by atoms with Crippen molar-refractivity contribution in [3.63, 3.8) is 0 Å². The summed E-state index contributed by atoms with van der Waals surface area (Å²) in [4.78, 5) is 40.9. The van der Waals surface area contributed by atoms with Crippen LogP contribution in [0.2, 0.25) is 0 Å². The number of hydrogen-bond acceptors (Lipinski definition) is 10. The van der Waals surface area contributed by atoms with E-state index in [9.17, 15) is 46.2 Å². The first-order chi connectivity index (χ1) is 19.7. The number of benzene rings is 1. The molecule has 0 aliphatic rings. The van der Waals surface area contributed by atoms with Gasteiger partial charge in [0.1, 0.15) is 4.75 Å². The van der Waals surface area contributed by atoms with Gasteiger partial charge >= 0.3 is 35.5 Å². The van der Waals surface area contributed by atoms with Crippen LogP contribution in [0.5, 0.6) is 0 Å². The quantitative estimate of drug-likeness (QED) is 0.0558. The normalized spacial score (nSPS) is 12.7. The Balaban J connectivity index is 0.0000176. The van der Waals surface area contributed by atoms with Gasteiger partial charge in [-0.2, -0.15) is 8.42 Å². The molecule has 16 heteroatoms. The molecule has 0 spiro atoms. The fraction of sp³-hybridized carbons (Fsp3) is 0.704. The fourth-order valence-electron chi connectivity index (χ4n) is 4.91. The van der Waals surface area contributed by atoms with Crippen LogP contribution in [0.25, 0.3) is 0 Å². The Kier molecular flexibility index (Phi) is 19.6. The molecule has 2 N–H and O–H groups in total. The molecule has 240 valence electrons. The summed E-state index contributed by atoms with van der Waals surface area (Å²) in [7, 11) is -10.1. The van der Waals surface area contributed by atoms with Crippen molar-refractivity contribution in [1.29, 1.82) is 0 Å². The van der Waals surface area contributed by atoms with Gasteiger partial charge < -0.3 is 14.7 Å². The number of nitro benzene ring substituents is 1. The predicted molar refractivity (Wildman–Crippen MR) is 154 cm³/mol. The Bertz CT molecular complexity index is 1230. The zero-order chi connectivity index (χ0) is 31.8. The minimum Gasteiger partial charge on any atom is -0.550 e. The number of sulfonamides is 1. The molecule has 0 radical (unpaired) electrons. The first-order valence-corrected chi connectivity index (χ1v) is 17.3. The molecule has 0 amide bonds. The van der Waals surface area contributed by atoms with E-state index in [2.05, 4.69) is 18.7 Å². The van der Waals surface area contributed by atoms with E-state index < -0.39 is 59.1 Å². The third kappa shape index (κ3) is 13.5. The number of rotatable bonds is 23. The average Bonchev–Trinajstić information content (AvgIpc) is 2.92. The Morgan fingerprint density at radius 2 is 1.37 bits per heavy atom. The van der Waals surface area contributed by atoms with Gasteiger partial charge in [0.25, 0.3) is 25.8 Å². The van der Waals surface area contributed by atoms with Crippen molar-refractivity contribution in [1.82, 2.24) is 4.89 Å². The molecule has 0 fully saturated rings. The number of nitro groups is 1. The first kappa shape index (κ1) is 41.4. The molecule has 1 unspecified atom stereocenters. The minimum absolute atomic E-state index is 0. The molecule has 1 aromatic rings. The van der Waals surface area contributed by atoms with E-state index in [1.165, 1.54) is 24.3 Å². The van der Waals surface area contributed by atoms with Crippen molar-refractivity contribution in [2.24, 2.45) is 0 Å². The Labute approximate surface area is 276 Å². The van der Waals surface area contributed by atoms with Gasteiger partial charge in [0.2, 0.25) is 0 Å². The molecule has 0 aromatic heterocycles. The molecule has 0 saturated heterocycles. The second-order valence-corrected chi connectivity index (χ2v) is 13.9. The summed E-state index contributed by atoms with van der Waals surface area (Å²) >= 11 is 0. The Hall–Kier alpha value is -1.62. The zero-order valence-corrected chi connectivity index (χ0v) is 28.9. The van der Waals surface area contributed by atoms with Gasteiger partial charge in [-0.15, -0.1) is 0 Å². The van der Waals surface area contributed by atoms with E-state index in [1.807, 2.05) is 0 Å². The number of unbranched alkanes of at least 4 members (excludes halogenated alkanes) is 10. The van der Waals surface area contributed by atoms with Crippen LogP contribution in [-0.4, -0.2) is 43.5 Å². The molecule has 43 heavy (non-hydrogen) atoms. The maximum absolute atomic E-state index is 14.0. The van der Waals surface area contributed by atoms with Gasteiger partial charge in [-0.25, -0.2) is 13.2 Å². The number of nitrogens with zero attached hydrogens (tertiary/aromatic N) is 1. The summed E-state index contributed by atoms with van der Waals surface area (Å²) in [6.45, 7) is 4.11. The maximum atomic E-state index is 14.0. The van der Waals surface area contributed by atoms with Crippen molar-refractivity contribution in [2.75, 3.05) is 0 Å². The summed E-state index contributed by atoms with van der Waals surface area (Å²) in [6.07, 6.45) is 7.95. The number of carbonyl (C=O) groups excluding carboxylic acids is 2. The van der Waals surface area contributed by atoms with Gasteiger partial charge in [-0.3, -0.25) is 14.7 Å². The number of carboxylic acids is 1. The fourth-order valence-corrected chi connectivity index (χ4v) is 7.19. The second-order valence-electron chi connectivity index (χ2n) is 10.4. The third-order valence-corrected chi connectivity index (χ3v) is 10.2. The zero-order valence-electron chi connectivity index (χ0n) is 25.3. The number of aliphatic carboxylic acids is 1. The van der Waals surface area contributed by atoms with Crippen molar-refractivity contribution in [3.05, 3.63) is 39.9 Å². The monoisotopic (exact) mass is 658 g/mol. The summed E-state index contributed by atoms with van der Waals surface area (Å²) in [6, 6.07) is 5.39. The molecule has 0 aliphatic carbocycles. The van der Waals surface area contributed by atoms with Crippen molar-refractivity contribution < 1.29 is 75.4 Å². The van der Waals surface area contributed by atoms with Gasteiger partial charge in [0, 0.05) is 18.5 Å². The Morgan fingerprint density at radius 3 is 1.81 bits per heavy atom. The summed E-state index contributed by atoms with van der Waals surface area (Å²) in [5.41, 5.74) is -0.555. The molecule has 0 heterocycles. The van der Waals surface area contributed by atoms with E-state index in [1.54, 1.807) is 4.89 Å². The van der Waals surface area contributed by atoms with Crippen LogP contribution in [-0.2, 0) is 39.3 Å². The Morgan fingerprint density at radius 1 is 0.907 bits per heavy atom. The molecular weight excluding hydrogens is 615 g/mol. The number of carbonyl (C=O) groups is 2. The number of para-hydroxylation sites is 1. The van der Waals surface area contributed by atoms with Crippen LogP contribution in [0.1, 0.15) is 116 Å². The van der Waals surface area contributed by atoms with E-state index in [0.717, 1.165) is 51.4 Å². The molecule has 0 aliphatic heterocycles. The molecule has 1 rings (SSSR count). The van der Waals surface area contributed by atoms with E-state index in [0.29, 0.717) is 25.7 Å². The molecular formula is C27H43N2NaO11S2. The molecule has 1 atom stereocenters. The summed E-state index contributed by atoms with van der Waals surface area (Å²) < 4.78 is 58.5. The minimum atomic E-state index is -5.30.